The molecule has 2 atom stereocenters. The monoisotopic (exact) mass is 196 g/mol. The molecule has 0 aromatic heterocycles. The minimum absolute atomic E-state index is 0.174. The minimum atomic E-state index is -0.789. The summed E-state index contributed by atoms with van der Waals surface area (Å²) in [7, 11) is 0. The van der Waals surface area contributed by atoms with Crippen LogP contribution in [-0.4, -0.2) is 34.6 Å². The third kappa shape index (κ3) is 2.46. The van der Waals surface area contributed by atoms with E-state index in [1.54, 1.807) is 18.7 Å². The third-order valence-electron chi connectivity index (χ3n) is 2.55. The first-order valence-corrected chi connectivity index (χ1v) is 4.87. The molecule has 1 N–H and O–H groups in total. The number of nitrogens with zero attached hydrogens (tertiary/aromatic N) is 2. The lowest BCUT2D eigenvalue weighted by Crippen LogP contribution is -2.49. The van der Waals surface area contributed by atoms with Crippen LogP contribution in [0, 0.1) is 17.2 Å². The Morgan fingerprint density at radius 3 is 2.86 bits per heavy atom. The molecule has 0 saturated carbocycles. The number of amides is 1. The maximum atomic E-state index is 11.6. The normalized spacial score (nSPS) is 29.4. The van der Waals surface area contributed by atoms with E-state index in [2.05, 4.69) is 0 Å². The molecule has 0 radical (unpaired) electrons. The number of hydrogen-bond acceptors (Lipinski definition) is 3. The van der Waals surface area contributed by atoms with Gasteiger partial charge in [-0.1, -0.05) is 0 Å². The van der Waals surface area contributed by atoms with Crippen LogP contribution in [-0.2, 0) is 4.79 Å². The first-order chi connectivity index (χ1) is 6.46. The number of hydrogen-bond donors (Lipinski definition) is 1. The van der Waals surface area contributed by atoms with Crippen molar-refractivity contribution in [3.8, 4) is 6.07 Å². The molecule has 4 heteroatoms. The zero-order chi connectivity index (χ0) is 10.8. The van der Waals surface area contributed by atoms with Crippen LogP contribution in [0.2, 0.25) is 0 Å². The maximum absolute atomic E-state index is 11.6. The Kier molecular flexibility index (Phi) is 3.12. The third-order valence-corrected chi connectivity index (χ3v) is 2.55. The Morgan fingerprint density at radius 2 is 2.36 bits per heavy atom. The van der Waals surface area contributed by atoms with Crippen LogP contribution in [0.25, 0.3) is 0 Å². The van der Waals surface area contributed by atoms with E-state index >= 15 is 0 Å². The first kappa shape index (κ1) is 11.0. The number of carbonyl (C=O) groups is 1. The summed E-state index contributed by atoms with van der Waals surface area (Å²) in [6.07, 6.45) is 1.52. The van der Waals surface area contributed by atoms with Crippen LogP contribution >= 0.6 is 0 Å². The second-order valence-electron chi connectivity index (χ2n) is 4.21. The van der Waals surface area contributed by atoms with Crippen LogP contribution in [0.3, 0.4) is 0 Å². The molecule has 1 fully saturated rings. The van der Waals surface area contributed by atoms with Gasteiger partial charge in [0.15, 0.2) is 0 Å². The van der Waals surface area contributed by atoms with Crippen LogP contribution < -0.4 is 0 Å². The van der Waals surface area contributed by atoms with Gasteiger partial charge in [-0.2, -0.15) is 5.26 Å². The number of piperidine rings is 1. The Bertz CT molecular complexity index is 268. The van der Waals surface area contributed by atoms with Gasteiger partial charge in [0, 0.05) is 13.1 Å². The second-order valence-corrected chi connectivity index (χ2v) is 4.21. The summed E-state index contributed by atoms with van der Waals surface area (Å²) >= 11 is 0. The highest BCUT2D eigenvalue weighted by Gasteiger charge is 2.32. The van der Waals surface area contributed by atoms with Gasteiger partial charge in [0.05, 0.1) is 11.7 Å². The summed E-state index contributed by atoms with van der Waals surface area (Å²) in [5, 5.41) is 18.4. The van der Waals surface area contributed by atoms with Crippen LogP contribution in [0.5, 0.6) is 0 Å². The molecule has 4 nitrogen and oxygen atoms in total. The fourth-order valence-electron chi connectivity index (χ4n) is 1.74. The van der Waals surface area contributed by atoms with Crippen molar-refractivity contribution < 1.29 is 9.90 Å². The molecule has 0 aromatic carbocycles. The Labute approximate surface area is 84.1 Å². The number of likely N-dealkylation sites (tertiary alicyclic amines) is 1. The van der Waals surface area contributed by atoms with Gasteiger partial charge in [-0.25, -0.2) is 0 Å². The van der Waals surface area contributed by atoms with Gasteiger partial charge in [-0.3, -0.25) is 4.79 Å². The molecule has 1 heterocycles. The highest BCUT2D eigenvalue weighted by molar-refractivity contribution is 5.81. The van der Waals surface area contributed by atoms with E-state index in [0.29, 0.717) is 13.1 Å². The van der Waals surface area contributed by atoms with Crippen molar-refractivity contribution in [3.63, 3.8) is 0 Å². The largest absolute Gasteiger partial charge is 0.388 e. The molecule has 1 rings (SSSR count). The maximum Gasteiger partial charge on any atom is 0.239 e. The van der Waals surface area contributed by atoms with E-state index in [0.717, 1.165) is 12.8 Å². The molecule has 1 saturated heterocycles. The standard InChI is InChI=1S/C10H16N2O2/c1-8(6-11)9(13)12-5-3-4-10(2,14)7-12/h8,14H,3-5,7H2,1-2H3. The Balaban J connectivity index is 2.62. The zero-order valence-electron chi connectivity index (χ0n) is 8.66. The van der Waals surface area contributed by atoms with E-state index in [9.17, 15) is 9.90 Å². The highest BCUT2D eigenvalue weighted by atomic mass is 16.3. The average molecular weight is 196 g/mol. The lowest BCUT2D eigenvalue weighted by Gasteiger charge is -2.37. The molecule has 0 aromatic rings. The van der Waals surface area contributed by atoms with Gasteiger partial charge >= 0.3 is 0 Å². The van der Waals surface area contributed by atoms with E-state index < -0.39 is 11.5 Å². The SMILES string of the molecule is CC(C#N)C(=O)N1CCCC(C)(O)C1. The van der Waals surface area contributed by atoms with Gasteiger partial charge in [0.25, 0.3) is 0 Å². The molecule has 78 valence electrons. The van der Waals surface area contributed by atoms with Crippen LogP contribution in [0.4, 0.5) is 0 Å². The van der Waals surface area contributed by atoms with Crippen molar-refractivity contribution >= 4 is 5.91 Å². The van der Waals surface area contributed by atoms with Crippen molar-refractivity contribution in [3.05, 3.63) is 0 Å². The van der Waals surface area contributed by atoms with Crippen molar-refractivity contribution in [2.75, 3.05) is 13.1 Å². The zero-order valence-corrected chi connectivity index (χ0v) is 8.66. The van der Waals surface area contributed by atoms with Gasteiger partial charge in [-0.15, -0.1) is 0 Å². The molecule has 1 aliphatic heterocycles. The van der Waals surface area contributed by atoms with Crippen molar-refractivity contribution in [2.24, 2.45) is 5.92 Å². The molecular weight excluding hydrogens is 180 g/mol. The summed E-state index contributed by atoms with van der Waals surface area (Å²) < 4.78 is 0. The number of nitriles is 1. The molecule has 1 aliphatic rings. The molecular formula is C10H16N2O2. The number of β-amino-alcohol motifs (C(OH)–C–C–N with tert-alkyl or cyclic N) is 1. The lowest BCUT2D eigenvalue weighted by atomic mass is 9.94. The fraction of sp³-hybridized carbons (Fsp3) is 0.800. The Hall–Kier alpha value is -1.08. The van der Waals surface area contributed by atoms with E-state index in [1.807, 2.05) is 6.07 Å². The van der Waals surface area contributed by atoms with Crippen molar-refractivity contribution in [1.29, 1.82) is 5.26 Å². The minimum Gasteiger partial charge on any atom is -0.388 e. The summed E-state index contributed by atoms with van der Waals surface area (Å²) in [5.74, 6) is -0.781. The number of aliphatic hydroxyl groups is 1. The summed E-state index contributed by atoms with van der Waals surface area (Å²) in [4.78, 5) is 13.2. The van der Waals surface area contributed by atoms with Gasteiger partial charge in [0.1, 0.15) is 5.92 Å². The lowest BCUT2D eigenvalue weighted by molar-refractivity contribution is -0.139. The summed E-state index contributed by atoms with van der Waals surface area (Å²) in [5.41, 5.74) is -0.789. The van der Waals surface area contributed by atoms with Crippen molar-refractivity contribution in [2.45, 2.75) is 32.3 Å². The van der Waals surface area contributed by atoms with Gasteiger partial charge in [-0.05, 0) is 26.7 Å². The number of carbonyl (C=O) groups excluding carboxylic acids is 1. The summed E-state index contributed by atoms with van der Waals surface area (Å²) in [6.45, 7) is 4.31. The van der Waals surface area contributed by atoms with Crippen molar-refractivity contribution in [1.82, 2.24) is 4.90 Å². The van der Waals surface area contributed by atoms with Crippen LogP contribution in [0.15, 0.2) is 0 Å². The second kappa shape index (κ2) is 3.97. The smallest absolute Gasteiger partial charge is 0.239 e. The average Bonchev–Trinajstić information content (AvgIpc) is 2.14. The first-order valence-electron chi connectivity index (χ1n) is 4.87. The topological polar surface area (TPSA) is 64.3 Å². The van der Waals surface area contributed by atoms with E-state index in [4.69, 9.17) is 5.26 Å². The van der Waals surface area contributed by atoms with Crippen LogP contribution in [0.1, 0.15) is 26.7 Å². The van der Waals surface area contributed by atoms with E-state index in [-0.39, 0.29) is 5.91 Å². The van der Waals surface area contributed by atoms with E-state index in [1.165, 1.54) is 0 Å². The molecule has 0 aliphatic carbocycles. The summed E-state index contributed by atoms with van der Waals surface area (Å²) in [6, 6.07) is 1.92. The molecule has 0 spiro atoms. The molecule has 0 bridgehead atoms. The Morgan fingerprint density at radius 1 is 1.71 bits per heavy atom. The predicted molar refractivity (Wildman–Crippen MR) is 51.2 cm³/mol. The highest BCUT2D eigenvalue weighted by Crippen LogP contribution is 2.21. The fourth-order valence-corrected chi connectivity index (χ4v) is 1.74. The quantitative estimate of drug-likeness (QED) is 0.665. The predicted octanol–water partition coefficient (Wildman–Crippen LogP) is 0.519. The molecule has 2 unspecified atom stereocenters. The number of rotatable bonds is 1. The van der Waals surface area contributed by atoms with Gasteiger partial charge < -0.3 is 10.0 Å². The van der Waals surface area contributed by atoms with Gasteiger partial charge in [0.2, 0.25) is 5.91 Å². The molecule has 14 heavy (non-hydrogen) atoms. The molecule has 1 amide bonds.